The molecule has 1 unspecified atom stereocenters. The van der Waals surface area contributed by atoms with E-state index in [0.29, 0.717) is 30.3 Å². The molecule has 0 aliphatic carbocycles. The number of anilines is 1. The van der Waals surface area contributed by atoms with Gasteiger partial charge in [-0.2, -0.15) is 18.3 Å². The van der Waals surface area contributed by atoms with Gasteiger partial charge in [0, 0.05) is 31.5 Å². The molecule has 2 aliphatic rings. The number of fused-ring (bicyclic) bond motifs is 1. The minimum absolute atomic E-state index is 0.121. The SMILES string of the molecule is CC(C)(C)C1C=C(C(=O)N[C@H]2CCCN(c3ccnc(-c4cnc5cnc(C(F)(F)F)cn45)n3)C2)N=N1. The van der Waals surface area contributed by atoms with Gasteiger partial charge in [0.2, 0.25) is 0 Å². The van der Waals surface area contributed by atoms with E-state index in [1.807, 2.05) is 25.7 Å². The monoisotopic (exact) mass is 513 g/mol. The van der Waals surface area contributed by atoms with Gasteiger partial charge >= 0.3 is 6.18 Å². The summed E-state index contributed by atoms with van der Waals surface area (Å²) in [5.74, 6) is 0.585. The highest BCUT2D eigenvalue weighted by Gasteiger charge is 2.33. The third kappa shape index (κ3) is 5.16. The molecule has 194 valence electrons. The average Bonchev–Trinajstić information content (AvgIpc) is 3.51. The number of hydrogen-bond donors (Lipinski definition) is 1. The predicted molar refractivity (Wildman–Crippen MR) is 129 cm³/mol. The molecule has 1 saturated heterocycles. The molecule has 2 aliphatic heterocycles. The first kappa shape index (κ1) is 24.8. The molecule has 37 heavy (non-hydrogen) atoms. The smallest absolute Gasteiger partial charge is 0.354 e. The molecule has 0 aromatic carbocycles. The summed E-state index contributed by atoms with van der Waals surface area (Å²) >= 11 is 0. The highest BCUT2D eigenvalue weighted by atomic mass is 19.4. The molecule has 0 spiro atoms. The lowest BCUT2D eigenvalue weighted by atomic mass is 9.87. The van der Waals surface area contributed by atoms with E-state index in [1.165, 1.54) is 10.6 Å². The summed E-state index contributed by atoms with van der Waals surface area (Å²) in [7, 11) is 0. The zero-order valence-corrected chi connectivity index (χ0v) is 20.6. The quantitative estimate of drug-likeness (QED) is 0.563. The van der Waals surface area contributed by atoms with Gasteiger partial charge in [0.15, 0.2) is 17.2 Å². The van der Waals surface area contributed by atoms with Crippen LogP contribution in [0.4, 0.5) is 19.0 Å². The molecular weight excluding hydrogens is 487 g/mol. The zero-order valence-electron chi connectivity index (χ0n) is 20.6. The summed E-state index contributed by atoms with van der Waals surface area (Å²) in [5, 5.41) is 11.3. The second kappa shape index (κ2) is 9.20. The van der Waals surface area contributed by atoms with E-state index >= 15 is 0 Å². The number of amides is 1. The van der Waals surface area contributed by atoms with Crippen LogP contribution in [-0.2, 0) is 11.0 Å². The maximum absolute atomic E-state index is 13.2. The second-order valence-corrected chi connectivity index (χ2v) is 10.2. The Hall–Kier alpha value is -3.90. The number of alkyl halides is 3. The summed E-state index contributed by atoms with van der Waals surface area (Å²) < 4.78 is 40.8. The molecule has 10 nitrogen and oxygen atoms in total. The molecule has 1 amide bonds. The lowest BCUT2D eigenvalue weighted by Crippen LogP contribution is -2.48. The third-order valence-electron chi connectivity index (χ3n) is 6.36. The molecular formula is C24H26F3N9O. The summed E-state index contributed by atoms with van der Waals surface area (Å²) in [6.07, 6.45) is 3.76. The molecule has 0 radical (unpaired) electrons. The maximum Gasteiger partial charge on any atom is 0.434 e. The van der Waals surface area contributed by atoms with Gasteiger partial charge in [0.05, 0.1) is 18.4 Å². The van der Waals surface area contributed by atoms with E-state index < -0.39 is 11.9 Å². The summed E-state index contributed by atoms with van der Waals surface area (Å²) in [6.45, 7) is 7.36. The van der Waals surface area contributed by atoms with Crippen molar-refractivity contribution in [2.75, 3.05) is 18.0 Å². The summed E-state index contributed by atoms with van der Waals surface area (Å²) in [6, 6.07) is 1.47. The first-order valence-electron chi connectivity index (χ1n) is 11.9. The number of imidazole rings is 1. The fourth-order valence-corrected chi connectivity index (χ4v) is 4.30. The highest BCUT2D eigenvalue weighted by molar-refractivity contribution is 5.93. The molecule has 5 heterocycles. The van der Waals surface area contributed by atoms with E-state index in [1.54, 1.807) is 18.3 Å². The number of azo groups is 1. The molecule has 13 heteroatoms. The summed E-state index contributed by atoms with van der Waals surface area (Å²) in [4.78, 5) is 31.3. The van der Waals surface area contributed by atoms with Crippen molar-refractivity contribution in [1.29, 1.82) is 0 Å². The van der Waals surface area contributed by atoms with E-state index in [-0.39, 0.29) is 34.9 Å². The van der Waals surface area contributed by atoms with Crippen molar-refractivity contribution in [3.05, 3.63) is 48.3 Å². The number of nitrogens with zero attached hydrogens (tertiary/aromatic N) is 8. The highest BCUT2D eigenvalue weighted by Crippen LogP contribution is 2.30. The fourth-order valence-electron chi connectivity index (χ4n) is 4.30. The minimum atomic E-state index is -4.59. The number of hydrogen-bond acceptors (Lipinski definition) is 8. The van der Waals surface area contributed by atoms with Gasteiger partial charge in [-0.3, -0.25) is 9.20 Å². The lowest BCUT2D eigenvalue weighted by Gasteiger charge is -2.34. The van der Waals surface area contributed by atoms with Crippen LogP contribution in [-0.4, -0.2) is 55.4 Å². The second-order valence-electron chi connectivity index (χ2n) is 10.2. The Morgan fingerprint density at radius 2 is 1.95 bits per heavy atom. The Labute approximate surface area is 210 Å². The van der Waals surface area contributed by atoms with Gasteiger partial charge in [0.1, 0.15) is 17.2 Å². The fraction of sp³-hybridized carbons (Fsp3) is 0.458. The molecule has 3 aromatic rings. The standard InChI is InChI=1S/C24H26F3N9O/c1-23(2,3)17-9-15(33-34-17)22(37)31-14-5-4-8-35(12-14)19-6-7-28-21(32-19)16-10-30-20-11-29-18(13-36(16)20)24(25,26)27/h6-7,9-11,13-14,17H,4-5,8,12H2,1-3H3,(H,31,37)/t14-,17?/m0/s1. The van der Waals surface area contributed by atoms with Crippen LogP contribution in [0, 0.1) is 5.41 Å². The number of halogens is 3. The molecule has 2 atom stereocenters. The Bertz CT molecular complexity index is 1390. The topological polar surface area (TPSA) is 113 Å². The van der Waals surface area contributed by atoms with Crippen molar-refractivity contribution >= 4 is 17.4 Å². The van der Waals surface area contributed by atoms with Crippen molar-refractivity contribution in [2.45, 2.75) is 51.9 Å². The molecule has 0 saturated carbocycles. The Balaban J connectivity index is 1.32. The van der Waals surface area contributed by atoms with Crippen molar-refractivity contribution < 1.29 is 18.0 Å². The van der Waals surface area contributed by atoms with Crippen LogP contribution in [0.15, 0.2) is 52.9 Å². The number of rotatable bonds is 4. The first-order chi connectivity index (χ1) is 17.5. The van der Waals surface area contributed by atoms with Crippen molar-refractivity contribution in [1.82, 2.24) is 29.7 Å². The molecule has 5 rings (SSSR count). The normalized spacial score (nSPS) is 20.4. The molecule has 1 fully saturated rings. The predicted octanol–water partition coefficient (Wildman–Crippen LogP) is 4.05. The van der Waals surface area contributed by atoms with E-state index in [2.05, 4.69) is 35.5 Å². The van der Waals surface area contributed by atoms with Crippen molar-refractivity contribution in [2.24, 2.45) is 15.6 Å². The first-order valence-corrected chi connectivity index (χ1v) is 11.9. The van der Waals surface area contributed by atoms with Gasteiger partial charge in [-0.15, -0.1) is 5.11 Å². The minimum Gasteiger partial charge on any atom is -0.354 e. The van der Waals surface area contributed by atoms with Crippen LogP contribution in [0.1, 0.15) is 39.3 Å². The van der Waals surface area contributed by atoms with E-state index in [9.17, 15) is 18.0 Å². The average molecular weight is 514 g/mol. The van der Waals surface area contributed by atoms with Crippen LogP contribution in [0.2, 0.25) is 0 Å². The summed E-state index contributed by atoms with van der Waals surface area (Å²) in [5.41, 5.74) is -0.260. The van der Waals surface area contributed by atoms with Crippen molar-refractivity contribution in [3.8, 4) is 11.5 Å². The van der Waals surface area contributed by atoms with Gasteiger partial charge in [-0.1, -0.05) is 20.8 Å². The van der Waals surface area contributed by atoms with Crippen LogP contribution < -0.4 is 10.2 Å². The van der Waals surface area contributed by atoms with Crippen LogP contribution >= 0.6 is 0 Å². The number of piperidine rings is 1. The zero-order chi connectivity index (χ0) is 26.4. The number of aromatic nitrogens is 5. The van der Waals surface area contributed by atoms with Gasteiger partial charge < -0.3 is 10.2 Å². The largest absolute Gasteiger partial charge is 0.434 e. The van der Waals surface area contributed by atoms with Gasteiger partial charge in [-0.05, 0) is 30.4 Å². The Kier molecular flexibility index (Phi) is 6.16. The number of carbonyl (C=O) groups excluding carboxylic acids is 1. The van der Waals surface area contributed by atoms with Gasteiger partial charge in [0.25, 0.3) is 5.91 Å². The van der Waals surface area contributed by atoms with Crippen LogP contribution in [0.5, 0.6) is 0 Å². The Morgan fingerprint density at radius 1 is 1.14 bits per heavy atom. The van der Waals surface area contributed by atoms with E-state index in [0.717, 1.165) is 25.2 Å². The lowest BCUT2D eigenvalue weighted by molar-refractivity contribution is -0.141. The van der Waals surface area contributed by atoms with Crippen LogP contribution in [0.25, 0.3) is 17.2 Å². The molecule has 1 N–H and O–H groups in total. The van der Waals surface area contributed by atoms with E-state index in [4.69, 9.17) is 0 Å². The Morgan fingerprint density at radius 3 is 2.68 bits per heavy atom. The van der Waals surface area contributed by atoms with Crippen molar-refractivity contribution in [3.63, 3.8) is 0 Å². The maximum atomic E-state index is 13.2. The van der Waals surface area contributed by atoms with Gasteiger partial charge in [-0.25, -0.2) is 19.9 Å². The number of carbonyl (C=O) groups is 1. The molecule has 0 bridgehead atoms. The molecule has 3 aromatic heterocycles. The third-order valence-corrected chi connectivity index (χ3v) is 6.36. The number of nitrogens with one attached hydrogen (secondary N) is 1. The van der Waals surface area contributed by atoms with Crippen LogP contribution in [0.3, 0.4) is 0 Å².